The summed E-state index contributed by atoms with van der Waals surface area (Å²) in [5.74, 6) is 1.08. The van der Waals surface area contributed by atoms with Gasteiger partial charge in [0.2, 0.25) is 6.79 Å². The van der Waals surface area contributed by atoms with Gasteiger partial charge in [-0.05, 0) is 76.3 Å². The van der Waals surface area contributed by atoms with E-state index in [9.17, 15) is 19.5 Å². The number of hydrogen-bond acceptors (Lipinski definition) is 8. The number of fused-ring (bicyclic) bond motifs is 2. The van der Waals surface area contributed by atoms with Crippen molar-refractivity contribution >= 4 is 29.3 Å². The molecule has 2 aliphatic heterocycles. The van der Waals surface area contributed by atoms with E-state index in [4.69, 9.17) is 18.9 Å². The molecule has 4 N–H and O–H groups in total. The minimum atomic E-state index is -0.526. The molecule has 2 aromatic carbocycles. The third kappa shape index (κ3) is 9.94. The third-order valence-corrected chi connectivity index (χ3v) is 9.67. The van der Waals surface area contributed by atoms with Crippen molar-refractivity contribution in [2.75, 3.05) is 50.8 Å². The number of aliphatic hydroxyl groups is 1. The molecule has 0 aromatic heterocycles. The maximum Gasteiger partial charge on any atom is 0.321 e. The van der Waals surface area contributed by atoms with Gasteiger partial charge in [-0.1, -0.05) is 26.2 Å². The molecule has 4 atom stereocenters. The summed E-state index contributed by atoms with van der Waals surface area (Å²) in [7, 11) is 1.71. The molecule has 2 heterocycles. The zero-order valence-corrected chi connectivity index (χ0v) is 29.7. The second-order valence-corrected chi connectivity index (χ2v) is 13.8. The molecule has 0 radical (unpaired) electrons. The summed E-state index contributed by atoms with van der Waals surface area (Å²) in [6, 6.07) is 9.36. The highest BCUT2D eigenvalue weighted by Gasteiger charge is 2.31. The van der Waals surface area contributed by atoms with Crippen LogP contribution in [0.4, 0.5) is 21.0 Å². The SMILES string of the molecule is C[C@@H]1CCCCO[C@@H](CN(C)C(=O)Nc2ccc3c(c2)OCO3)[C@H](C)CN([C@@H](C)CO)C(=O)c2cc(NC(=O)NC3CCCCC3)ccc2O1. The topological polar surface area (TPSA) is 151 Å². The summed E-state index contributed by atoms with van der Waals surface area (Å²) in [5, 5.41) is 19.1. The molecular formula is C37H53N5O8. The summed E-state index contributed by atoms with van der Waals surface area (Å²) >= 11 is 0. The van der Waals surface area contributed by atoms with Crippen molar-refractivity contribution in [1.82, 2.24) is 15.1 Å². The number of carbonyl (C=O) groups is 3. The number of nitrogens with zero attached hydrogens (tertiary/aromatic N) is 2. The van der Waals surface area contributed by atoms with Crippen LogP contribution in [-0.4, -0.2) is 97.3 Å². The van der Waals surface area contributed by atoms with Gasteiger partial charge in [-0.2, -0.15) is 0 Å². The number of carbonyl (C=O) groups excluding carboxylic acids is 3. The summed E-state index contributed by atoms with van der Waals surface area (Å²) < 4.78 is 23.5. The highest BCUT2D eigenvalue weighted by Crippen LogP contribution is 2.34. The fourth-order valence-electron chi connectivity index (χ4n) is 6.61. The van der Waals surface area contributed by atoms with Crippen LogP contribution in [0.5, 0.6) is 17.2 Å². The Labute approximate surface area is 294 Å². The number of anilines is 2. The monoisotopic (exact) mass is 695 g/mol. The van der Waals surface area contributed by atoms with Crippen molar-refractivity contribution in [3.05, 3.63) is 42.0 Å². The number of nitrogens with one attached hydrogen (secondary N) is 3. The Hall–Kier alpha value is -4.23. The average molecular weight is 696 g/mol. The number of likely N-dealkylation sites (N-methyl/N-ethyl adjacent to an activating group) is 1. The van der Waals surface area contributed by atoms with Gasteiger partial charge in [0.1, 0.15) is 5.75 Å². The molecule has 0 bridgehead atoms. The molecule has 2 aromatic rings. The Balaban J connectivity index is 1.33. The minimum Gasteiger partial charge on any atom is -0.490 e. The van der Waals surface area contributed by atoms with Crippen molar-refractivity contribution in [3.8, 4) is 17.2 Å². The molecule has 1 fully saturated rings. The van der Waals surface area contributed by atoms with Gasteiger partial charge in [0, 0.05) is 56.1 Å². The number of urea groups is 2. The number of benzene rings is 2. The molecule has 1 aliphatic carbocycles. The van der Waals surface area contributed by atoms with Crippen molar-refractivity contribution in [1.29, 1.82) is 0 Å². The lowest BCUT2D eigenvalue weighted by molar-refractivity contribution is -0.0115. The Morgan fingerprint density at radius 2 is 1.64 bits per heavy atom. The molecule has 5 amide bonds. The van der Waals surface area contributed by atoms with E-state index in [-0.39, 0.29) is 62.5 Å². The zero-order valence-electron chi connectivity index (χ0n) is 29.7. The van der Waals surface area contributed by atoms with Gasteiger partial charge < -0.3 is 49.8 Å². The van der Waals surface area contributed by atoms with Gasteiger partial charge in [0.05, 0.1) is 30.4 Å². The van der Waals surface area contributed by atoms with Gasteiger partial charge in [0.15, 0.2) is 11.5 Å². The minimum absolute atomic E-state index is 0.137. The van der Waals surface area contributed by atoms with Crippen LogP contribution < -0.4 is 30.2 Å². The van der Waals surface area contributed by atoms with E-state index in [1.807, 2.05) is 13.8 Å². The molecule has 0 spiro atoms. The molecule has 50 heavy (non-hydrogen) atoms. The smallest absolute Gasteiger partial charge is 0.321 e. The largest absolute Gasteiger partial charge is 0.490 e. The summed E-state index contributed by atoms with van der Waals surface area (Å²) in [6.45, 7) is 6.63. The van der Waals surface area contributed by atoms with Crippen molar-refractivity contribution in [3.63, 3.8) is 0 Å². The lowest BCUT2D eigenvalue weighted by Gasteiger charge is -2.35. The van der Waals surface area contributed by atoms with Gasteiger partial charge >= 0.3 is 12.1 Å². The fourth-order valence-corrected chi connectivity index (χ4v) is 6.61. The standard InChI is InChI=1S/C37H53N5O8/c1-24-20-42(25(2)22-43)35(44)30-18-28(39-36(45)38-27-11-6-5-7-12-27)13-15-31(30)50-26(3)10-8-9-17-47-34(24)21-41(4)37(46)40-29-14-16-32-33(19-29)49-23-48-32/h13-16,18-19,24-27,34,43H,5-12,17,20-23H2,1-4H3,(H,40,46)(H2,38,39,45)/t24-,25+,26-,34+/m1/s1. The van der Waals surface area contributed by atoms with Gasteiger partial charge in [-0.3, -0.25) is 4.79 Å². The van der Waals surface area contributed by atoms with Crippen LogP contribution in [0, 0.1) is 5.92 Å². The van der Waals surface area contributed by atoms with Crippen LogP contribution in [-0.2, 0) is 4.74 Å². The van der Waals surface area contributed by atoms with Crippen molar-refractivity contribution in [2.45, 2.75) is 96.4 Å². The molecule has 0 unspecified atom stereocenters. The first-order valence-corrected chi connectivity index (χ1v) is 17.9. The molecule has 1 saturated carbocycles. The normalized spacial score (nSPS) is 22.4. The van der Waals surface area contributed by atoms with Crippen molar-refractivity contribution < 1.29 is 38.4 Å². The summed E-state index contributed by atoms with van der Waals surface area (Å²) in [4.78, 5) is 43.8. The Morgan fingerprint density at radius 3 is 2.40 bits per heavy atom. The van der Waals surface area contributed by atoms with E-state index in [1.54, 1.807) is 60.2 Å². The van der Waals surface area contributed by atoms with E-state index >= 15 is 0 Å². The van der Waals surface area contributed by atoms with E-state index in [1.165, 1.54) is 6.42 Å². The molecular weight excluding hydrogens is 642 g/mol. The predicted octanol–water partition coefficient (Wildman–Crippen LogP) is 5.83. The third-order valence-electron chi connectivity index (χ3n) is 9.67. The number of hydrogen-bond donors (Lipinski definition) is 4. The first kappa shape index (κ1) is 37.0. The Kier molecular flexibility index (Phi) is 13.1. The van der Waals surface area contributed by atoms with Crippen LogP contribution in [0.3, 0.4) is 0 Å². The number of rotatable bonds is 7. The van der Waals surface area contributed by atoms with Crippen LogP contribution in [0.25, 0.3) is 0 Å². The quantitative estimate of drug-likeness (QED) is 0.283. The zero-order chi connectivity index (χ0) is 35.6. The fraction of sp³-hybridized carbons (Fsp3) is 0.595. The van der Waals surface area contributed by atoms with Gasteiger partial charge in [-0.25, -0.2) is 9.59 Å². The molecule has 13 nitrogen and oxygen atoms in total. The second-order valence-electron chi connectivity index (χ2n) is 13.8. The molecule has 0 saturated heterocycles. The molecule has 13 heteroatoms. The van der Waals surface area contributed by atoms with E-state index < -0.39 is 12.1 Å². The predicted molar refractivity (Wildman–Crippen MR) is 190 cm³/mol. The van der Waals surface area contributed by atoms with Gasteiger partial charge in [-0.15, -0.1) is 0 Å². The van der Waals surface area contributed by atoms with E-state index in [0.29, 0.717) is 40.8 Å². The molecule has 5 rings (SSSR count). The summed E-state index contributed by atoms with van der Waals surface area (Å²) in [5.41, 5.74) is 1.35. The highest BCUT2D eigenvalue weighted by molar-refractivity contribution is 5.99. The highest BCUT2D eigenvalue weighted by atomic mass is 16.7. The number of amides is 5. The van der Waals surface area contributed by atoms with Crippen LogP contribution in [0.15, 0.2) is 36.4 Å². The first-order valence-electron chi connectivity index (χ1n) is 17.9. The average Bonchev–Trinajstić information content (AvgIpc) is 3.58. The van der Waals surface area contributed by atoms with Crippen LogP contribution in [0.1, 0.15) is 82.5 Å². The van der Waals surface area contributed by atoms with Crippen molar-refractivity contribution in [2.24, 2.45) is 5.92 Å². The maximum atomic E-state index is 14.4. The van der Waals surface area contributed by atoms with Crippen LogP contribution in [0.2, 0.25) is 0 Å². The van der Waals surface area contributed by atoms with E-state index in [0.717, 1.165) is 44.9 Å². The van der Waals surface area contributed by atoms with E-state index in [2.05, 4.69) is 16.0 Å². The van der Waals surface area contributed by atoms with Crippen LogP contribution >= 0.6 is 0 Å². The Bertz CT molecular complexity index is 1470. The maximum absolute atomic E-state index is 14.4. The number of aliphatic hydroxyl groups excluding tert-OH is 1. The number of ether oxygens (including phenoxy) is 4. The second kappa shape index (κ2) is 17.6. The summed E-state index contributed by atoms with van der Waals surface area (Å²) in [6.07, 6.45) is 7.11. The lowest BCUT2D eigenvalue weighted by atomic mass is 9.96. The molecule has 3 aliphatic rings. The van der Waals surface area contributed by atoms with Gasteiger partial charge in [0.25, 0.3) is 5.91 Å². The lowest BCUT2D eigenvalue weighted by Crippen LogP contribution is -2.48. The first-order chi connectivity index (χ1) is 24.1. The molecule has 274 valence electrons. The Morgan fingerprint density at radius 1 is 0.940 bits per heavy atom.